The van der Waals surface area contributed by atoms with Gasteiger partial charge in [-0.3, -0.25) is 4.90 Å². The molecular weight excluding hydrogens is 331 g/mol. The largest absolute Gasteiger partial charge is 0.472 e. The number of rotatable bonds is 6. The summed E-state index contributed by atoms with van der Waals surface area (Å²) in [5.74, 6) is 0. The summed E-state index contributed by atoms with van der Waals surface area (Å²) >= 11 is 1.59. The molecular formula is C16H21FN4O2S. The lowest BCUT2D eigenvalue weighted by Crippen LogP contribution is -2.43. The highest BCUT2D eigenvalue weighted by atomic mass is 32.1. The first-order valence-electron chi connectivity index (χ1n) is 7.92. The van der Waals surface area contributed by atoms with Gasteiger partial charge in [0.05, 0.1) is 23.2 Å². The number of nitrogens with zero attached hydrogens (tertiary/aromatic N) is 2. The molecule has 1 aliphatic heterocycles. The second kappa shape index (κ2) is 7.76. The summed E-state index contributed by atoms with van der Waals surface area (Å²) in [6.07, 6.45) is 2.73. The second-order valence-electron chi connectivity index (χ2n) is 5.97. The molecule has 3 heterocycles. The third kappa shape index (κ3) is 4.55. The number of alkyl halides is 1. The van der Waals surface area contributed by atoms with E-state index in [0.29, 0.717) is 32.6 Å². The molecule has 2 aromatic heterocycles. The lowest BCUT2D eigenvalue weighted by atomic mass is 10.2. The van der Waals surface area contributed by atoms with Crippen molar-refractivity contribution in [1.29, 1.82) is 0 Å². The minimum Gasteiger partial charge on any atom is -0.472 e. The number of aryl methyl sites for hydroxylation is 1. The van der Waals surface area contributed by atoms with E-state index in [4.69, 9.17) is 4.42 Å². The Hall–Kier alpha value is -1.93. The Kier molecular flexibility index (Phi) is 5.47. The van der Waals surface area contributed by atoms with Crippen LogP contribution in [-0.2, 0) is 13.1 Å². The van der Waals surface area contributed by atoms with Gasteiger partial charge in [-0.05, 0) is 19.4 Å². The molecule has 0 spiro atoms. The number of thiazole rings is 1. The van der Waals surface area contributed by atoms with Gasteiger partial charge in [-0.25, -0.2) is 14.2 Å². The highest BCUT2D eigenvalue weighted by Gasteiger charge is 2.32. The molecule has 1 saturated heterocycles. The fourth-order valence-corrected chi connectivity index (χ4v) is 3.47. The number of aromatic nitrogens is 1. The van der Waals surface area contributed by atoms with Crippen LogP contribution in [0.4, 0.5) is 9.18 Å². The van der Waals surface area contributed by atoms with Crippen LogP contribution < -0.4 is 10.6 Å². The zero-order valence-corrected chi connectivity index (χ0v) is 14.3. The standard InChI is InChI=1S/C16H21FN4O2S/c1-11-20-14(10-24-11)8-21-7-13(17)4-15(21)6-19-16(22)18-5-12-2-3-23-9-12/h2-3,9-10,13,15H,4-8H2,1H3,(H2,18,19,22)/t13-,15-/m0/s1. The molecule has 2 aromatic rings. The number of halogens is 1. The van der Waals surface area contributed by atoms with Gasteiger partial charge in [-0.2, -0.15) is 0 Å². The molecule has 0 radical (unpaired) electrons. The second-order valence-corrected chi connectivity index (χ2v) is 7.03. The summed E-state index contributed by atoms with van der Waals surface area (Å²) in [6, 6.07) is 1.52. The Balaban J connectivity index is 1.46. The predicted octanol–water partition coefficient (Wildman–Crippen LogP) is 2.46. The Morgan fingerprint density at radius 1 is 1.54 bits per heavy atom. The number of hydrogen-bond donors (Lipinski definition) is 2. The van der Waals surface area contributed by atoms with Crippen molar-refractivity contribution < 1.29 is 13.6 Å². The third-order valence-electron chi connectivity index (χ3n) is 4.04. The highest BCUT2D eigenvalue weighted by Crippen LogP contribution is 2.22. The van der Waals surface area contributed by atoms with E-state index < -0.39 is 6.17 Å². The van der Waals surface area contributed by atoms with Crippen molar-refractivity contribution >= 4 is 17.4 Å². The average molecular weight is 352 g/mol. The van der Waals surface area contributed by atoms with Crippen LogP contribution in [0.2, 0.25) is 0 Å². The minimum atomic E-state index is -0.856. The van der Waals surface area contributed by atoms with E-state index >= 15 is 0 Å². The van der Waals surface area contributed by atoms with Gasteiger partial charge in [-0.1, -0.05) is 0 Å². The Morgan fingerprint density at radius 2 is 2.42 bits per heavy atom. The summed E-state index contributed by atoms with van der Waals surface area (Å²) in [6.45, 7) is 3.79. The molecule has 24 heavy (non-hydrogen) atoms. The number of carbonyl (C=O) groups is 1. The van der Waals surface area contributed by atoms with Gasteiger partial charge in [0.25, 0.3) is 0 Å². The lowest BCUT2D eigenvalue weighted by molar-refractivity contribution is 0.217. The maximum absolute atomic E-state index is 13.8. The van der Waals surface area contributed by atoms with Gasteiger partial charge >= 0.3 is 6.03 Å². The van der Waals surface area contributed by atoms with Crippen LogP contribution in [0, 0.1) is 6.92 Å². The average Bonchev–Trinajstić information content (AvgIpc) is 3.26. The molecule has 0 unspecified atom stereocenters. The zero-order valence-electron chi connectivity index (χ0n) is 13.5. The van der Waals surface area contributed by atoms with Crippen molar-refractivity contribution in [3.05, 3.63) is 40.2 Å². The number of carbonyl (C=O) groups excluding carboxylic acids is 1. The van der Waals surface area contributed by atoms with E-state index in [1.54, 1.807) is 29.9 Å². The number of likely N-dealkylation sites (tertiary alicyclic amines) is 1. The van der Waals surface area contributed by atoms with Crippen LogP contribution in [0.25, 0.3) is 0 Å². The number of amides is 2. The van der Waals surface area contributed by atoms with E-state index in [1.165, 1.54) is 0 Å². The predicted molar refractivity (Wildman–Crippen MR) is 89.5 cm³/mol. The molecule has 0 saturated carbocycles. The van der Waals surface area contributed by atoms with Crippen LogP contribution in [0.5, 0.6) is 0 Å². The molecule has 0 aliphatic carbocycles. The van der Waals surface area contributed by atoms with E-state index in [0.717, 1.165) is 16.3 Å². The number of urea groups is 1. The van der Waals surface area contributed by atoms with Crippen molar-refractivity contribution in [3.8, 4) is 0 Å². The molecule has 3 rings (SSSR count). The number of hydrogen-bond acceptors (Lipinski definition) is 5. The first-order valence-corrected chi connectivity index (χ1v) is 8.80. The van der Waals surface area contributed by atoms with Crippen molar-refractivity contribution in [2.75, 3.05) is 13.1 Å². The van der Waals surface area contributed by atoms with Crippen molar-refractivity contribution in [3.63, 3.8) is 0 Å². The van der Waals surface area contributed by atoms with E-state index in [2.05, 4.69) is 20.5 Å². The Morgan fingerprint density at radius 3 is 3.12 bits per heavy atom. The van der Waals surface area contributed by atoms with Crippen LogP contribution in [0.1, 0.15) is 22.7 Å². The molecule has 130 valence electrons. The van der Waals surface area contributed by atoms with Gasteiger partial charge in [0.1, 0.15) is 6.17 Å². The van der Waals surface area contributed by atoms with Crippen molar-refractivity contribution in [1.82, 2.24) is 20.5 Å². The van der Waals surface area contributed by atoms with Crippen LogP contribution in [0.3, 0.4) is 0 Å². The van der Waals surface area contributed by atoms with Crippen LogP contribution in [0.15, 0.2) is 28.4 Å². The van der Waals surface area contributed by atoms with E-state index in [-0.39, 0.29) is 12.1 Å². The fourth-order valence-electron chi connectivity index (χ4n) is 2.87. The van der Waals surface area contributed by atoms with Gasteiger partial charge in [0.15, 0.2) is 0 Å². The number of nitrogens with one attached hydrogen (secondary N) is 2. The molecule has 2 N–H and O–H groups in total. The molecule has 6 nitrogen and oxygen atoms in total. The van der Waals surface area contributed by atoms with Crippen LogP contribution >= 0.6 is 11.3 Å². The SMILES string of the molecule is Cc1nc(CN2C[C@@H](F)C[C@H]2CNC(=O)NCc2ccoc2)cs1. The van der Waals surface area contributed by atoms with Gasteiger partial charge < -0.3 is 15.1 Å². The molecule has 1 fully saturated rings. The summed E-state index contributed by atoms with van der Waals surface area (Å²) in [7, 11) is 0. The Labute approximate surface area is 144 Å². The summed E-state index contributed by atoms with van der Waals surface area (Å²) in [5.41, 5.74) is 1.86. The first-order chi connectivity index (χ1) is 11.6. The third-order valence-corrected chi connectivity index (χ3v) is 4.86. The molecule has 0 aromatic carbocycles. The smallest absolute Gasteiger partial charge is 0.315 e. The topological polar surface area (TPSA) is 70.4 Å². The minimum absolute atomic E-state index is 0.0123. The molecule has 2 atom stereocenters. The highest BCUT2D eigenvalue weighted by molar-refractivity contribution is 7.09. The van der Waals surface area contributed by atoms with Gasteiger partial charge in [0.2, 0.25) is 0 Å². The quantitative estimate of drug-likeness (QED) is 0.838. The van der Waals surface area contributed by atoms with Gasteiger partial charge in [-0.15, -0.1) is 11.3 Å². The molecule has 8 heteroatoms. The number of furan rings is 1. The van der Waals surface area contributed by atoms with E-state index in [9.17, 15) is 9.18 Å². The van der Waals surface area contributed by atoms with Crippen molar-refractivity contribution in [2.24, 2.45) is 0 Å². The fraction of sp³-hybridized carbons (Fsp3) is 0.500. The summed E-state index contributed by atoms with van der Waals surface area (Å²) in [5, 5.41) is 8.59. The normalized spacial score (nSPS) is 21.1. The lowest BCUT2D eigenvalue weighted by Gasteiger charge is -2.23. The van der Waals surface area contributed by atoms with E-state index in [1.807, 2.05) is 12.3 Å². The molecule has 1 aliphatic rings. The van der Waals surface area contributed by atoms with Crippen molar-refractivity contribution in [2.45, 2.75) is 38.6 Å². The van der Waals surface area contributed by atoms with Crippen LogP contribution in [-0.4, -0.2) is 41.2 Å². The molecule has 2 amide bonds. The summed E-state index contributed by atoms with van der Waals surface area (Å²) < 4.78 is 18.7. The summed E-state index contributed by atoms with van der Waals surface area (Å²) in [4.78, 5) is 18.4. The maximum Gasteiger partial charge on any atom is 0.315 e. The zero-order chi connectivity index (χ0) is 16.9. The Bertz CT molecular complexity index is 661. The molecule has 0 bridgehead atoms. The maximum atomic E-state index is 13.8. The monoisotopic (exact) mass is 352 g/mol. The first kappa shape index (κ1) is 16.9. The van der Waals surface area contributed by atoms with Gasteiger partial charge in [0, 0.05) is 43.2 Å².